The maximum absolute atomic E-state index is 13.7. The third-order valence-electron chi connectivity index (χ3n) is 4.72. The topological polar surface area (TPSA) is 87.4 Å². The van der Waals surface area contributed by atoms with Crippen LogP contribution >= 0.6 is 11.6 Å². The average Bonchev–Trinajstić information content (AvgIpc) is 3.17. The zero-order valence-electron chi connectivity index (χ0n) is 16.2. The standard InChI is InChI=1S/C21H18ClF2N5O2/c22-16-6-3-13(9-17(16)24)20(30)27-21(25-11-15-7-8-31-15)26-19-10-18(28-29-19)12-1-4-14(23)5-2-12/h1-6,9-10,15,18H,7-8,11H2,(H2,25,26,27,30). The molecule has 2 aliphatic heterocycles. The zero-order valence-corrected chi connectivity index (χ0v) is 16.9. The van der Waals surface area contributed by atoms with Crippen molar-refractivity contribution >= 4 is 23.5 Å². The van der Waals surface area contributed by atoms with Gasteiger partial charge in [-0.05, 0) is 48.4 Å². The van der Waals surface area contributed by atoms with E-state index in [1.165, 1.54) is 24.3 Å². The molecule has 10 heteroatoms. The molecule has 2 aromatic carbocycles. The fourth-order valence-corrected chi connectivity index (χ4v) is 3.02. The van der Waals surface area contributed by atoms with Crippen molar-refractivity contribution < 1.29 is 18.3 Å². The Labute approximate surface area is 181 Å². The highest BCUT2D eigenvalue weighted by molar-refractivity contribution is 6.30. The van der Waals surface area contributed by atoms with Crippen molar-refractivity contribution in [3.05, 3.63) is 82.1 Å². The third-order valence-corrected chi connectivity index (χ3v) is 5.03. The van der Waals surface area contributed by atoms with E-state index in [-0.39, 0.29) is 34.5 Å². The number of rotatable bonds is 5. The Morgan fingerprint density at radius 1 is 1.23 bits per heavy atom. The molecule has 0 radical (unpaired) electrons. The molecule has 1 fully saturated rings. The van der Waals surface area contributed by atoms with E-state index in [9.17, 15) is 13.6 Å². The van der Waals surface area contributed by atoms with Gasteiger partial charge < -0.3 is 10.1 Å². The van der Waals surface area contributed by atoms with E-state index >= 15 is 0 Å². The number of benzene rings is 2. The maximum atomic E-state index is 13.7. The number of halogens is 3. The minimum atomic E-state index is -0.696. The molecule has 2 aromatic rings. The molecule has 160 valence electrons. The van der Waals surface area contributed by atoms with Crippen LogP contribution in [-0.2, 0) is 4.74 Å². The third kappa shape index (κ3) is 5.31. The summed E-state index contributed by atoms with van der Waals surface area (Å²) in [6.45, 7) is 1.02. The smallest absolute Gasteiger partial charge is 0.258 e. The van der Waals surface area contributed by atoms with Gasteiger partial charge in [-0.2, -0.15) is 5.11 Å². The highest BCUT2D eigenvalue weighted by Gasteiger charge is 2.20. The van der Waals surface area contributed by atoms with Crippen LogP contribution < -0.4 is 10.6 Å². The molecule has 0 aliphatic carbocycles. The van der Waals surface area contributed by atoms with E-state index in [0.717, 1.165) is 18.1 Å². The van der Waals surface area contributed by atoms with Crippen LogP contribution in [0.2, 0.25) is 5.02 Å². The van der Waals surface area contributed by atoms with Gasteiger partial charge in [-0.15, -0.1) is 5.11 Å². The van der Waals surface area contributed by atoms with Gasteiger partial charge >= 0.3 is 0 Å². The lowest BCUT2D eigenvalue weighted by Crippen LogP contribution is -2.41. The Morgan fingerprint density at radius 3 is 2.68 bits per heavy atom. The van der Waals surface area contributed by atoms with Crippen LogP contribution in [0.15, 0.2) is 69.6 Å². The minimum absolute atomic E-state index is 0.0205. The number of aliphatic imine (C=N–C) groups is 1. The number of guanidine groups is 1. The van der Waals surface area contributed by atoms with Crippen LogP contribution in [0.4, 0.5) is 8.78 Å². The summed E-state index contributed by atoms with van der Waals surface area (Å²) in [5, 5.41) is 13.7. The van der Waals surface area contributed by atoms with E-state index in [0.29, 0.717) is 19.0 Å². The molecule has 2 N–H and O–H groups in total. The van der Waals surface area contributed by atoms with E-state index < -0.39 is 11.7 Å². The zero-order chi connectivity index (χ0) is 21.8. The summed E-state index contributed by atoms with van der Waals surface area (Å²) in [5.74, 6) is -1.11. The lowest BCUT2D eigenvalue weighted by atomic mass is 10.1. The summed E-state index contributed by atoms with van der Waals surface area (Å²) >= 11 is 5.68. The largest absolute Gasteiger partial charge is 0.376 e. The average molecular weight is 446 g/mol. The first-order chi connectivity index (χ1) is 15.0. The summed E-state index contributed by atoms with van der Waals surface area (Å²) in [6, 6.07) is 9.31. The molecule has 0 saturated carbocycles. The van der Waals surface area contributed by atoms with E-state index in [1.54, 1.807) is 18.2 Å². The molecule has 4 rings (SSSR count). The Balaban J connectivity index is 1.48. The Bertz CT molecular complexity index is 1070. The van der Waals surface area contributed by atoms with Crippen LogP contribution in [0.3, 0.4) is 0 Å². The summed E-state index contributed by atoms with van der Waals surface area (Å²) in [4.78, 5) is 16.9. The van der Waals surface area contributed by atoms with E-state index in [4.69, 9.17) is 16.3 Å². The van der Waals surface area contributed by atoms with Gasteiger partial charge in [0.1, 0.15) is 17.7 Å². The van der Waals surface area contributed by atoms with Crippen molar-refractivity contribution in [2.24, 2.45) is 15.2 Å². The first kappa shape index (κ1) is 21.1. The van der Waals surface area contributed by atoms with Crippen LogP contribution in [-0.4, -0.2) is 31.1 Å². The Kier molecular flexibility index (Phi) is 6.34. The Hall–Kier alpha value is -3.17. The maximum Gasteiger partial charge on any atom is 0.258 e. The van der Waals surface area contributed by atoms with Crippen molar-refractivity contribution in [2.75, 3.05) is 13.2 Å². The van der Waals surface area contributed by atoms with Crippen LogP contribution in [0.1, 0.15) is 28.4 Å². The molecule has 1 saturated heterocycles. The lowest BCUT2D eigenvalue weighted by molar-refractivity contribution is -0.0432. The first-order valence-corrected chi connectivity index (χ1v) is 9.93. The highest BCUT2D eigenvalue weighted by atomic mass is 35.5. The Morgan fingerprint density at radius 2 is 2.00 bits per heavy atom. The van der Waals surface area contributed by atoms with Crippen LogP contribution in [0.25, 0.3) is 0 Å². The molecule has 1 amide bonds. The van der Waals surface area contributed by atoms with Gasteiger partial charge in [0.15, 0.2) is 5.82 Å². The molecule has 0 bridgehead atoms. The van der Waals surface area contributed by atoms with Crippen LogP contribution in [0.5, 0.6) is 0 Å². The fourth-order valence-electron chi connectivity index (χ4n) is 2.90. The van der Waals surface area contributed by atoms with Crippen molar-refractivity contribution in [2.45, 2.75) is 18.6 Å². The SMILES string of the molecule is O=C(NC(=NCC1CCO1)NC1=CC(c2ccc(F)cc2)N=N1)c1ccc(Cl)c(F)c1. The molecule has 2 heterocycles. The molecular formula is C21H18ClF2N5O2. The molecule has 2 aliphatic rings. The minimum Gasteiger partial charge on any atom is -0.376 e. The van der Waals surface area contributed by atoms with Crippen molar-refractivity contribution in [1.29, 1.82) is 0 Å². The van der Waals surface area contributed by atoms with Gasteiger partial charge in [0, 0.05) is 12.2 Å². The highest BCUT2D eigenvalue weighted by Crippen LogP contribution is 2.26. The molecule has 31 heavy (non-hydrogen) atoms. The number of amides is 1. The van der Waals surface area contributed by atoms with Gasteiger partial charge in [0.25, 0.3) is 5.91 Å². The quantitative estimate of drug-likeness (QED) is 0.536. The van der Waals surface area contributed by atoms with Crippen LogP contribution in [0, 0.1) is 11.6 Å². The number of hydrogen-bond acceptors (Lipinski definition) is 5. The summed E-state index contributed by atoms with van der Waals surface area (Å²) in [7, 11) is 0. The van der Waals surface area contributed by atoms with Gasteiger partial charge in [-0.25, -0.2) is 13.8 Å². The number of ether oxygens (including phenoxy) is 1. The number of carbonyl (C=O) groups is 1. The second-order valence-corrected chi connectivity index (χ2v) is 7.35. The summed E-state index contributed by atoms with van der Waals surface area (Å²) in [5.41, 5.74) is 0.853. The summed E-state index contributed by atoms with van der Waals surface area (Å²) in [6.07, 6.45) is 2.58. The molecular weight excluding hydrogens is 428 g/mol. The van der Waals surface area contributed by atoms with E-state index in [2.05, 4.69) is 25.9 Å². The molecule has 2 unspecified atom stereocenters. The number of nitrogens with one attached hydrogen (secondary N) is 2. The predicted octanol–water partition coefficient (Wildman–Crippen LogP) is 4.13. The van der Waals surface area contributed by atoms with Crippen molar-refractivity contribution in [3.8, 4) is 0 Å². The second-order valence-electron chi connectivity index (χ2n) is 6.94. The number of carbonyl (C=O) groups excluding carboxylic acids is 1. The monoisotopic (exact) mass is 445 g/mol. The normalized spacial score (nSPS) is 20.2. The van der Waals surface area contributed by atoms with Crippen molar-refractivity contribution in [3.63, 3.8) is 0 Å². The van der Waals surface area contributed by atoms with Crippen molar-refractivity contribution in [1.82, 2.24) is 10.6 Å². The lowest BCUT2D eigenvalue weighted by Gasteiger charge is -2.24. The number of hydrogen-bond donors (Lipinski definition) is 2. The second kappa shape index (κ2) is 9.32. The fraction of sp³-hybridized carbons (Fsp3) is 0.238. The molecule has 0 aromatic heterocycles. The number of nitrogens with zero attached hydrogens (tertiary/aromatic N) is 3. The molecule has 0 spiro atoms. The first-order valence-electron chi connectivity index (χ1n) is 9.55. The predicted molar refractivity (Wildman–Crippen MR) is 111 cm³/mol. The number of azo groups is 1. The summed E-state index contributed by atoms with van der Waals surface area (Å²) < 4.78 is 32.2. The molecule has 2 atom stereocenters. The van der Waals surface area contributed by atoms with E-state index in [1.807, 2.05) is 0 Å². The van der Waals surface area contributed by atoms with Gasteiger partial charge in [-0.3, -0.25) is 10.1 Å². The van der Waals surface area contributed by atoms with Gasteiger partial charge in [0.05, 0.1) is 17.7 Å². The van der Waals surface area contributed by atoms with Gasteiger partial charge in [0.2, 0.25) is 5.96 Å². The van der Waals surface area contributed by atoms with Gasteiger partial charge in [-0.1, -0.05) is 23.7 Å². The molecule has 7 nitrogen and oxygen atoms in total.